The predicted octanol–water partition coefficient (Wildman–Crippen LogP) is 3.75. The number of methoxy groups -OCH3 is 1. The molecule has 6 atom stereocenters. The highest BCUT2D eigenvalue weighted by Gasteiger charge is 2.42. The van der Waals surface area contributed by atoms with E-state index in [1.165, 1.54) is 0 Å². The highest BCUT2D eigenvalue weighted by molar-refractivity contribution is 7.94. The number of pyridine rings is 2. The Hall–Kier alpha value is -2.54. The van der Waals surface area contributed by atoms with E-state index in [2.05, 4.69) is 33.4 Å². The van der Waals surface area contributed by atoms with E-state index < -0.39 is 5.44 Å². The molecule has 196 valence electrons. The smallest absolute Gasteiger partial charge is 0.411 e. The monoisotopic (exact) mass is 517 g/mol. The van der Waals surface area contributed by atoms with Gasteiger partial charge in [-0.25, -0.2) is 15.2 Å². The minimum absolute atomic E-state index is 0.0733. The van der Waals surface area contributed by atoms with Crippen molar-refractivity contribution in [3.05, 3.63) is 18.3 Å². The molecular formula is C24H35N7O4S. The Morgan fingerprint density at radius 2 is 2.00 bits per heavy atom. The maximum absolute atomic E-state index is 12.8. The van der Waals surface area contributed by atoms with E-state index in [0.717, 1.165) is 61.1 Å². The van der Waals surface area contributed by atoms with Gasteiger partial charge in [0.15, 0.2) is 5.44 Å². The van der Waals surface area contributed by atoms with E-state index in [9.17, 15) is 9.35 Å². The fourth-order valence-corrected chi connectivity index (χ4v) is 5.73. The third kappa shape index (κ3) is 5.41. The maximum atomic E-state index is 12.8. The molecular weight excluding hydrogens is 482 g/mol. The van der Waals surface area contributed by atoms with E-state index in [-0.39, 0.29) is 30.4 Å². The summed E-state index contributed by atoms with van der Waals surface area (Å²) in [7, 11) is 1.63. The van der Waals surface area contributed by atoms with Crippen LogP contribution in [0.1, 0.15) is 52.4 Å². The van der Waals surface area contributed by atoms with E-state index in [1.54, 1.807) is 20.2 Å². The SMILES string of the molecule is COc1cnc2cc(NC3CC(C)NN3)nc(NC3C[C@H]4CCC[C@@H](C3)N4C(=O)OC(C)SO)c2c1. The van der Waals surface area contributed by atoms with Crippen LogP contribution in [-0.2, 0) is 4.74 Å². The van der Waals surface area contributed by atoms with Gasteiger partial charge in [0.05, 0.1) is 25.0 Å². The van der Waals surface area contributed by atoms with Gasteiger partial charge >= 0.3 is 6.09 Å². The van der Waals surface area contributed by atoms with Crippen LogP contribution < -0.4 is 26.2 Å². The van der Waals surface area contributed by atoms with Crippen molar-refractivity contribution < 1.29 is 18.8 Å². The molecule has 11 nitrogen and oxygen atoms in total. The Balaban J connectivity index is 1.37. The summed E-state index contributed by atoms with van der Waals surface area (Å²) in [4.78, 5) is 24.3. The van der Waals surface area contributed by atoms with Gasteiger partial charge in [-0.3, -0.25) is 10.4 Å². The lowest BCUT2D eigenvalue weighted by Gasteiger charge is -2.48. The first-order valence-corrected chi connectivity index (χ1v) is 13.4. The van der Waals surface area contributed by atoms with Gasteiger partial charge in [-0.2, -0.15) is 0 Å². The third-order valence-electron chi connectivity index (χ3n) is 7.25. The Bertz CT molecular complexity index is 1080. The van der Waals surface area contributed by atoms with Crippen LogP contribution in [0.25, 0.3) is 10.9 Å². The lowest BCUT2D eigenvalue weighted by atomic mass is 9.82. The summed E-state index contributed by atoms with van der Waals surface area (Å²) >= 11 is 0.543. The summed E-state index contributed by atoms with van der Waals surface area (Å²) in [5.74, 6) is 2.17. The fourth-order valence-electron chi connectivity index (χ4n) is 5.60. The second kappa shape index (κ2) is 10.8. The minimum atomic E-state index is -0.588. The van der Waals surface area contributed by atoms with Crippen molar-refractivity contribution in [1.29, 1.82) is 0 Å². The molecule has 12 heteroatoms. The molecule has 0 aromatic carbocycles. The highest BCUT2D eigenvalue weighted by atomic mass is 32.2. The lowest BCUT2D eigenvalue weighted by Crippen LogP contribution is -2.57. The van der Waals surface area contributed by atoms with Crippen LogP contribution in [0.2, 0.25) is 0 Å². The molecule has 3 saturated heterocycles. The van der Waals surface area contributed by atoms with Crippen molar-refractivity contribution in [2.45, 2.75) is 88.1 Å². The number of carbonyl (C=O) groups is 1. The van der Waals surface area contributed by atoms with Crippen LogP contribution in [0, 0.1) is 0 Å². The first-order chi connectivity index (χ1) is 17.4. The first-order valence-electron chi connectivity index (χ1n) is 12.6. The zero-order valence-corrected chi connectivity index (χ0v) is 21.7. The Labute approximate surface area is 215 Å². The molecule has 0 radical (unpaired) electrons. The maximum Gasteiger partial charge on any atom is 0.411 e. The Morgan fingerprint density at radius 3 is 2.67 bits per heavy atom. The van der Waals surface area contributed by atoms with Crippen LogP contribution in [0.3, 0.4) is 0 Å². The van der Waals surface area contributed by atoms with E-state index >= 15 is 0 Å². The second-order valence-corrected chi connectivity index (χ2v) is 10.8. The zero-order chi connectivity index (χ0) is 25.2. The molecule has 0 saturated carbocycles. The van der Waals surface area contributed by atoms with Gasteiger partial charge in [-0.1, -0.05) is 0 Å². The summed E-state index contributed by atoms with van der Waals surface area (Å²) in [6.45, 7) is 3.80. The number of hydrogen-bond acceptors (Lipinski definition) is 11. The zero-order valence-electron chi connectivity index (χ0n) is 20.9. The van der Waals surface area contributed by atoms with Crippen LogP contribution >= 0.6 is 12.0 Å². The molecule has 2 aromatic heterocycles. The number of fused-ring (bicyclic) bond motifs is 3. The molecule has 36 heavy (non-hydrogen) atoms. The number of anilines is 2. The number of amides is 1. The first kappa shape index (κ1) is 25.1. The number of nitrogens with zero attached hydrogens (tertiary/aromatic N) is 3. The molecule has 0 aliphatic carbocycles. The predicted molar refractivity (Wildman–Crippen MR) is 140 cm³/mol. The van der Waals surface area contributed by atoms with E-state index in [1.807, 2.05) is 17.0 Å². The molecule has 3 fully saturated rings. The fraction of sp³-hybridized carbons (Fsp3) is 0.625. The number of ether oxygens (including phenoxy) is 2. The van der Waals surface area contributed by atoms with Crippen LogP contribution in [-0.4, -0.2) is 68.4 Å². The van der Waals surface area contributed by atoms with Gasteiger partial charge < -0.3 is 29.6 Å². The lowest BCUT2D eigenvalue weighted by molar-refractivity contribution is 0.0170. The van der Waals surface area contributed by atoms with Gasteiger partial charge in [0.25, 0.3) is 0 Å². The summed E-state index contributed by atoms with van der Waals surface area (Å²) in [6, 6.07) is 4.62. The number of carbonyl (C=O) groups excluding carboxylic acids is 1. The average Bonchev–Trinajstić information content (AvgIpc) is 3.27. The standard InChI is InChI=1S/C24H35N7O4S/c1-13-7-22(30-29-13)27-21-11-20-19(10-18(34-3)12-25-20)23(28-21)26-15-8-16-5-4-6-17(9-15)31(16)24(32)35-14(2)36-33/h10-17,22,29-30,33H,4-9H2,1-3H3,(H2,26,27,28)/t13?,14?,15?,16-,17+,22?. The summed E-state index contributed by atoms with van der Waals surface area (Å²) < 4.78 is 20.1. The quantitative estimate of drug-likeness (QED) is 0.272. The van der Waals surface area contributed by atoms with Gasteiger partial charge in [-0.05, 0) is 58.4 Å². The van der Waals surface area contributed by atoms with Crippen molar-refractivity contribution in [3.8, 4) is 5.75 Å². The molecule has 2 bridgehead atoms. The molecule has 1 amide bonds. The van der Waals surface area contributed by atoms with Crippen LogP contribution in [0.15, 0.2) is 18.3 Å². The molecule has 3 aliphatic heterocycles. The number of hydrazine groups is 1. The van der Waals surface area contributed by atoms with Crippen molar-refractivity contribution in [2.75, 3.05) is 17.7 Å². The number of hydrogen-bond donors (Lipinski definition) is 5. The molecule has 5 heterocycles. The van der Waals surface area contributed by atoms with E-state index in [0.29, 0.717) is 23.8 Å². The van der Waals surface area contributed by atoms with Crippen molar-refractivity contribution in [3.63, 3.8) is 0 Å². The average molecular weight is 518 g/mol. The molecule has 3 aliphatic rings. The number of rotatable bonds is 7. The van der Waals surface area contributed by atoms with Crippen LogP contribution in [0.5, 0.6) is 5.75 Å². The number of aromatic nitrogens is 2. The van der Waals surface area contributed by atoms with Crippen molar-refractivity contribution in [1.82, 2.24) is 25.7 Å². The Morgan fingerprint density at radius 1 is 1.22 bits per heavy atom. The largest absolute Gasteiger partial charge is 0.495 e. The van der Waals surface area contributed by atoms with Crippen molar-refractivity contribution >= 4 is 40.7 Å². The molecule has 5 N–H and O–H groups in total. The van der Waals surface area contributed by atoms with Gasteiger partial charge in [0, 0.05) is 47.7 Å². The molecule has 0 spiro atoms. The second-order valence-electron chi connectivity index (χ2n) is 9.94. The normalized spacial score (nSPS) is 28.6. The molecule has 4 unspecified atom stereocenters. The minimum Gasteiger partial charge on any atom is -0.495 e. The summed E-state index contributed by atoms with van der Waals surface area (Å²) in [5, 5.41) is 8.05. The van der Waals surface area contributed by atoms with Crippen molar-refractivity contribution in [2.24, 2.45) is 0 Å². The van der Waals surface area contributed by atoms with Crippen LogP contribution in [0.4, 0.5) is 16.4 Å². The Kier molecular flexibility index (Phi) is 7.56. The van der Waals surface area contributed by atoms with Gasteiger partial charge in [0.2, 0.25) is 0 Å². The van der Waals surface area contributed by atoms with Gasteiger partial charge in [0.1, 0.15) is 17.4 Å². The third-order valence-corrected chi connectivity index (χ3v) is 7.64. The summed E-state index contributed by atoms with van der Waals surface area (Å²) in [6.07, 6.45) is 6.96. The topological polar surface area (TPSA) is 133 Å². The van der Waals surface area contributed by atoms with Gasteiger partial charge in [-0.15, -0.1) is 0 Å². The van der Waals surface area contributed by atoms with E-state index in [4.69, 9.17) is 14.5 Å². The number of piperidine rings is 2. The number of nitrogens with one attached hydrogen (secondary N) is 4. The highest BCUT2D eigenvalue weighted by Crippen LogP contribution is 2.37. The molecule has 2 aromatic rings. The molecule has 5 rings (SSSR count). The summed E-state index contributed by atoms with van der Waals surface area (Å²) in [5.41, 5.74) is 6.72.